The Balaban J connectivity index is 1.59. The first-order valence-corrected chi connectivity index (χ1v) is 10.2. The Morgan fingerprint density at radius 1 is 1.33 bits per heavy atom. The maximum atomic E-state index is 4.87. The summed E-state index contributed by atoms with van der Waals surface area (Å²) in [4.78, 5) is 22.2. The van der Waals surface area contributed by atoms with E-state index in [0.29, 0.717) is 6.04 Å². The minimum absolute atomic E-state index is 0.555. The van der Waals surface area contributed by atoms with Gasteiger partial charge in [-0.25, -0.2) is 9.98 Å². The predicted octanol–water partition coefficient (Wildman–Crippen LogP) is 4.00. The summed E-state index contributed by atoms with van der Waals surface area (Å²) in [5.74, 6) is 0. The molecule has 0 aromatic carbocycles. The number of aromatic nitrogens is 3. The summed E-state index contributed by atoms with van der Waals surface area (Å²) >= 11 is 1.67. The Kier molecular flexibility index (Phi) is 4.97. The average molecular weight is 383 g/mol. The number of thiazole rings is 1. The Bertz CT molecular complexity index is 964. The first kappa shape index (κ1) is 18.1. The molecule has 4 rings (SSSR count). The first-order valence-electron chi connectivity index (χ1n) is 9.39. The van der Waals surface area contributed by atoms with Gasteiger partial charge in [0.25, 0.3) is 0 Å². The van der Waals surface area contributed by atoms with E-state index in [1.807, 2.05) is 32.3 Å². The molecule has 0 aliphatic carbocycles. The van der Waals surface area contributed by atoms with E-state index in [1.165, 1.54) is 12.8 Å². The molecule has 142 valence electrons. The quantitative estimate of drug-likeness (QED) is 0.693. The van der Waals surface area contributed by atoms with Crippen molar-refractivity contribution in [3.8, 4) is 0 Å². The van der Waals surface area contributed by atoms with Crippen molar-refractivity contribution in [3.05, 3.63) is 35.9 Å². The number of hydrogen-bond donors (Lipinski definition) is 1. The lowest BCUT2D eigenvalue weighted by atomic mass is 10.0. The Morgan fingerprint density at radius 2 is 2.11 bits per heavy atom. The first-order chi connectivity index (χ1) is 13.0. The van der Waals surface area contributed by atoms with Crippen molar-refractivity contribution >= 4 is 38.1 Å². The molecule has 7 heteroatoms. The molecule has 0 radical (unpaired) electrons. The van der Waals surface area contributed by atoms with E-state index in [1.54, 1.807) is 11.3 Å². The third-order valence-corrected chi connectivity index (χ3v) is 6.53. The summed E-state index contributed by atoms with van der Waals surface area (Å²) in [6, 6.07) is 4.62. The van der Waals surface area contributed by atoms with Crippen molar-refractivity contribution in [2.45, 2.75) is 32.7 Å². The average Bonchev–Trinajstić information content (AvgIpc) is 3.28. The number of H-pyrrole nitrogens is 1. The third-order valence-electron chi connectivity index (χ3n) is 5.38. The van der Waals surface area contributed by atoms with Gasteiger partial charge < -0.3 is 14.8 Å². The maximum Gasteiger partial charge on any atom is 0.187 e. The second-order valence-electron chi connectivity index (χ2n) is 7.33. The van der Waals surface area contributed by atoms with Crippen LogP contribution in [0.4, 0.5) is 10.1 Å². The normalized spacial score (nSPS) is 17.0. The van der Waals surface area contributed by atoms with Gasteiger partial charge in [0.05, 0.1) is 16.9 Å². The van der Waals surface area contributed by atoms with Crippen LogP contribution in [0.3, 0.4) is 0 Å². The number of aromatic amines is 1. The van der Waals surface area contributed by atoms with Gasteiger partial charge in [0.2, 0.25) is 0 Å². The lowest BCUT2D eigenvalue weighted by Gasteiger charge is -2.34. The Hall–Kier alpha value is -2.25. The van der Waals surface area contributed by atoms with E-state index < -0.39 is 0 Å². The van der Waals surface area contributed by atoms with Gasteiger partial charge in [-0.05, 0) is 59.0 Å². The minimum Gasteiger partial charge on any atom is -0.359 e. The standard InChI is InChI=1S/C20H26N6S/c1-13(17-18-15(5-9-21-17)6-10-22-18)23-19-14(2)24-20(27-19)26(4)16-7-11-25(3)12-8-16/h5-6,9-10,16,22H,7-8,11-12H2,1-4H3/b23-13+. The van der Waals surface area contributed by atoms with Crippen molar-refractivity contribution in [2.24, 2.45) is 4.99 Å². The molecule has 1 N–H and O–H groups in total. The highest BCUT2D eigenvalue weighted by atomic mass is 32.1. The summed E-state index contributed by atoms with van der Waals surface area (Å²) in [7, 11) is 4.36. The van der Waals surface area contributed by atoms with Gasteiger partial charge in [-0.2, -0.15) is 0 Å². The van der Waals surface area contributed by atoms with E-state index in [2.05, 4.69) is 39.9 Å². The number of likely N-dealkylation sites (tertiary alicyclic amines) is 1. The molecule has 0 saturated carbocycles. The van der Waals surface area contributed by atoms with Crippen LogP contribution in [-0.4, -0.2) is 58.8 Å². The summed E-state index contributed by atoms with van der Waals surface area (Å²) in [5, 5.41) is 3.17. The van der Waals surface area contributed by atoms with Crippen LogP contribution in [0.25, 0.3) is 10.9 Å². The Morgan fingerprint density at radius 3 is 2.89 bits per heavy atom. The molecule has 0 atom stereocenters. The minimum atomic E-state index is 0.555. The van der Waals surface area contributed by atoms with Crippen molar-refractivity contribution in [1.29, 1.82) is 0 Å². The molecule has 6 nitrogen and oxygen atoms in total. The van der Waals surface area contributed by atoms with Gasteiger partial charge in [0.15, 0.2) is 5.13 Å². The van der Waals surface area contributed by atoms with Crippen LogP contribution in [0.2, 0.25) is 0 Å². The molecule has 4 heterocycles. The summed E-state index contributed by atoms with van der Waals surface area (Å²) in [5.41, 5.74) is 3.82. The van der Waals surface area contributed by atoms with Crippen LogP contribution < -0.4 is 4.90 Å². The molecule has 27 heavy (non-hydrogen) atoms. The highest BCUT2D eigenvalue weighted by Crippen LogP contribution is 2.35. The number of aliphatic imine (C=N–C) groups is 1. The summed E-state index contributed by atoms with van der Waals surface area (Å²) in [6.07, 6.45) is 6.14. The molecule has 0 bridgehead atoms. The molecule has 0 unspecified atom stereocenters. The largest absolute Gasteiger partial charge is 0.359 e. The molecule has 0 amide bonds. The second-order valence-corrected chi connectivity index (χ2v) is 8.29. The molecule has 3 aromatic rings. The fourth-order valence-corrected chi connectivity index (χ4v) is 4.65. The number of rotatable bonds is 4. The van der Waals surface area contributed by atoms with E-state index in [0.717, 1.165) is 51.2 Å². The number of nitrogens with one attached hydrogen (secondary N) is 1. The SMILES string of the molecule is C/C(=N\c1sc(N(C)C2CCN(C)CC2)nc1C)c1nccc2cc[nH]c12. The van der Waals surface area contributed by atoms with Gasteiger partial charge >= 0.3 is 0 Å². The molecule has 3 aromatic heterocycles. The fourth-order valence-electron chi connectivity index (χ4n) is 3.63. The van der Waals surface area contributed by atoms with Crippen LogP contribution in [0.5, 0.6) is 0 Å². The molecular weight excluding hydrogens is 356 g/mol. The van der Waals surface area contributed by atoms with Crippen LogP contribution in [0.15, 0.2) is 29.5 Å². The van der Waals surface area contributed by atoms with E-state index >= 15 is 0 Å². The lowest BCUT2D eigenvalue weighted by Crippen LogP contribution is -2.41. The zero-order valence-electron chi connectivity index (χ0n) is 16.4. The molecule has 1 fully saturated rings. The molecule has 1 saturated heterocycles. The number of pyridine rings is 1. The van der Waals surface area contributed by atoms with Crippen molar-refractivity contribution in [2.75, 3.05) is 32.1 Å². The monoisotopic (exact) mass is 382 g/mol. The van der Waals surface area contributed by atoms with Gasteiger partial charge in [0.1, 0.15) is 10.7 Å². The van der Waals surface area contributed by atoms with Crippen LogP contribution in [-0.2, 0) is 0 Å². The fraction of sp³-hybridized carbons (Fsp3) is 0.450. The molecule has 1 aliphatic rings. The van der Waals surface area contributed by atoms with E-state index in [4.69, 9.17) is 9.98 Å². The zero-order chi connectivity index (χ0) is 19.0. The van der Waals surface area contributed by atoms with Gasteiger partial charge in [-0.15, -0.1) is 0 Å². The van der Waals surface area contributed by atoms with Crippen LogP contribution >= 0.6 is 11.3 Å². The molecule has 1 aliphatic heterocycles. The number of aryl methyl sites for hydroxylation is 1. The van der Waals surface area contributed by atoms with Crippen molar-refractivity contribution < 1.29 is 0 Å². The molecular formula is C20H26N6S. The van der Waals surface area contributed by atoms with Gasteiger partial charge in [-0.1, -0.05) is 11.3 Å². The highest BCUT2D eigenvalue weighted by molar-refractivity contribution is 7.19. The van der Waals surface area contributed by atoms with Gasteiger partial charge in [0, 0.05) is 30.9 Å². The predicted molar refractivity (Wildman–Crippen MR) is 114 cm³/mol. The summed E-state index contributed by atoms with van der Waals surface area (Å²) < 4.78 is 0. The number of piperidine rings is 1. The lowest BCUT2D eigenvalue weighted by molar-refractivity contribution is 0.253. The van der Waals surface area contributed by atoms with Crippen LogP contribution in [0, 0.1) is 6.92 Å². The number of nitrogens with zero attached hydrogens (tertiary/aromatic N) is 5. The van der Waals surface area contributed by atoms with Crippen molar-refractivity contribution in [1.82, 2.24) is 19.9 Å². The van der Waals surface area contributed by atoms with Gasteiger partial charge in [-0.3, -0.25) is 4.98 Å². The topological polar surface area (TPSA) is 60.4 Å². The summed E-state index contributed by atoms with van der Waals surface area (Å²) in [6.45, 7) is 6.35. The third kappa shape index (κ3) is 3.61. The number of hydrogen-bond acceptors (Lipinski definition) is 6. The maximum absolute atomic E-state index is 4.87. The number of fused-ring (bicyclic) bond motifs is 1. The smallest absolute Gasteiger partial charge is 0.187 e. The van der Waals surface area contributed by atoms with Crippen molar-refractivity contribution in [3.63, 3.8) is 0 Å². The Labute approximate surface area is 164 Å². The van der Waals surface area contributed by atoms with E-state index in [9.17, 15) is 0 Å². The van der Waals surface area contributed by atoms with Crippen LogP contribution in [0.1, 0.15) is 31.2 Å². The highest BCUT2D eigenvalue weighted by Gasteiger charge is 2.23. The second kappa shape index (κ2) is 7.40. The molecule has 0 spiro atoms. The zero-order valence-corrected chi connectivity index (χ0v) is 17.2. The van der Waals surface area contributed by atoms with E-state index in [-0.39, 0.29) is 0 Å². The number of anilines is 1.